The van der Waals surface area contributed by atoms with Gasteiger partial charge in [-0.2, -0.15) is 5.10 Å². The lowest BCUT2D eigenvalue weighted by Gasteiger charge is -2.06. The van der Waals surface area contributed by atoms with Crippen LogP contribution in [0.1, 0.15) is 28.4 Å². The van der Waals surface area contributed by atoms with Crippen molar-refractivity contribution < 1.29 is 9.21 Å². The molecule has 6 nitrogen and oxygen atoms in total. The number of benzene rings is 2. The van der Waals surface area contributed by atoms with Crippen molar-refractivity contribution in [1.29, 1.82) is 0 Å². The van der Waals surface area contributed by atoms with Gasteiger partial charge in [-0.25, -0.2) is 4.98 Å². The Hall–Kier alpha value is -3.38. The Morgan fingerprint density at radius 2 is 1.77 bits per heavy atom. The summed E-state index contributed by atoms with van der Waals surface area (Å²) in [6.07, 6.45) is 0.285. The number of nitrogens with one attached hydrogen (secondary N) is 1. The topological polar surface area (TPSA) is 73.0 Å². The van der Waals surface area contributed by atoms with Crippen LogP contribution in [-0.2, 0) is 17.8 Å². The van der Waals surface area contributed by atoms with Crippen molar-refractivity contribution >= 4 is 23.2 Å². The standard InChI is InChI=1S/C24H23ClN4O2/c1-15-12-16(2)29(28-15)14-22-17(3)31-24(27-22)19-6-10-21(11-7-19)26-23(30)13-18-4-8-20(25)9-5-18/h4-12H,13-14H2,1-3H3,(H,26,30). The number of aryl methyl sites for hydroxylation is 3. The van der Waals surface area contributed by atoms with Crippen LogP contribution in [0.3, 0.4) is 0 Å². The molecule has 7 heteroatoms. The minimum atomic E-state index is -0.0887. The predicted octanol–water partition coefficient (Wildman–Crippen LogP) is 5.35. The molecule has 0 aliphatic heterocycles. The highest BCUT2D eigenvalue weighted by atomic mass is 35.5. The third kappa shape index (κ3) is 5.03. The average molecular weight is 435 g/mol. The zero-order valence-corrected chi connectivity index (χ0v) is 18.4. The lowest BCUT2D eigenvalue weighted by atomic mass is 10.1. The fraction of sp³-hybridized carbons (Fsp3) is 0.208. The van der Waals surface area contributed by atoms with Crippen molar-refractivity contribution in [3.63, 3.8) is 0 Å². The highest BCUT2D eigenvalue weighted by Gasteiger charge is 2.14. The molecule has 4 aromatic rings. The number of hydrogen-bond donors (Lipinski definition) is 1. The van der Waals surface area contributed by atoms with E-state index in [9.17, 15) is 4.79 Å². The fourth-order valence-corrected chi connectivity index (χ4v) is 3.49. The number of nitrogens with zero attached hydrogens (tertiary/aromatic N) is 3. The molecule has 158 valence electrons. The third-order valence-corrected chi connectivity index (χ3v) is 5.24. The predicted molar refractivity (Wildman–Crippen MR) is 121 cm³/mol. The lowest BCUT2D eigenvalue weighted by molar-refractivity contribution is -0.115. The largest absolute Gasteiger partial charge is 0.441 e. The maximum Gasteiger partial charge on any atom is 0.228 e. The Morgan fingerprint density at radius 1 is 1.06 bits per heavy atom. The maximum atomic E-state index is 12.3. The Labute approximate surface area is 185 Å². The minimum absolute atomic E-state index is 0.0887. The molecule has 1 amide bonds. The molecule has 0 atom stereocenters. The van der Waals surface area contributed by atoms with Gasteiger partial charge in [-0.05, 0) is 68.8 Å². The highest BCUT2D eigenvalue weighted by Crippen LogP contribution is 2.24. The van der Waals surface area contributed by atoms with Crippen LogP contribution in [-0.4, -0.2) is 20.7 Å². The van der Waals surface area contributed by atoms with Gasteiger partial charge in [0.05, 0.1) is 18.7 Å². The first-order valence-corrected chi connectivity index (χ1v) is 10.4. The average Bonchev–Trinajstić information content (AvgIpc) is 3.25. The van der Waals surface area contributed by atoms with Crippen LogP contribution >= 0.6 is 11.6 Å². The molecule has 2 aromatic carbocycles. The molecule has 0 fully saturated rings. The van der Waals surface area contributed by atoms with Gasteiger partial charge in [-0.15, -0.1) is 0 Å². The van der Waals surface area contributed by atoms with E-state index in [1.165, 1.54) is 0 Å². The van der Waals surface area contributed by atoms with Crippen LogP contribution in [0, 0.1) is 20.8 Å². The molecule has 0 spiro atoms. The van der Waals surface area contributed by atoms with Crippen molar-refractivity contribution in [1.82, 2.24) is 14.8 Å². The smallest absolute Gasteiger partial charge is 0.228 e. The van der Waals surface area contributed by atoms with Crippen molar-refractivity contribution in [3.05, 3.63) is 88.0 Å². The summed E-state index contributed by atoms with van der Waals surface area (Å²) in [6, 6.07) is 16.7. The van der Waals surface area contributed by atoms with Gasteiger partial charge >= 0.3 is 0 Å². The Kier molecular flexibility index (Phi) is 5.91. The van der Waals surface area contributed by atoms with Gasteiger partial charge < -0.3 is 9.73 Å². The van der Waals surface area contributed by atoms with Crippen molar-refractivity contribution in [2.45, 2.75) is 33.7 Å². The molecule has 0 unspecified atom stereocenters. The van der Waals surface area contributed by atoms with E-state index in [0.717, 1.165) is 34.0 Å². The molecular weight excluding hydrogens is 412 g/mol. The summed E-state index contributed by atoms with van der Waals surface area (Å²) < 4.78 is 7.80. The molecule has 0 saturated heterocycles. The van der Waals surface area contributed by atoms with E-state index in [4.69, 9.17) is 16.0 Å². The van der Waals surface area contributed by atoms with E-state index in [1.807, 2.05) is 67.9 Å². The van der Waals surface area contributed by atoms with Crippen LogP contribution in [0.2, 0.25) is 5.02 Å². The van der Waals surface area contributed by atoms with E-state index < -0.39 is 0 Å². The SMILES string of the molecule is Cc1cc(C)n(Cc2nc(-c3ccc(NC(=O)Cc4ccc(Cl)cc4)cc3)oc2C)n1. The second kappa shape index (κ2) is 8.78. The highest BCUT2D eigenvalue weighted by molar-refractivity contribution is 6.30. The number of halogens is 1. The number of oxazole rings is 1. The Bertz CT molecular complexity index is 1210. The van der Waals surface area contributed by atoms with Gasteiger partial charge in [-0.1, -0.05) is 23.7 Å². The Morgan fingerprint density at radius 3 is 2.42 bits per heavy atom. The second-order valence-corrected chi connectivity index (χ2v) is 7.97. The minimum Gasteiger partial charge on any atom is -0.441 e. The zero-order valence-electron chi connectivity index (χ0n) is 17.6. The zero-order chi connectivity index (χ0) is 22.0. The van der Waals surface area contributed by atoms with Gasteiger partial charge in [-0.3, -0.25) is 9.48 Å². The van der Waals surface area contributed by atoms with Gasteiger partial charge in [0.15, 0.2) is 0 Å². The summed E-state index contributed by atoms with van der Waals surface area (Å²) in [7, 11) is 0. The summed E-state index contributed by atoms with van der Waals surface area (Å²) in [6.45, 7) is 6.47. The summed E-state index contributed by atoms with van der Waals surface area (Å²) in [4.78, 5) is 16.9. The summed E-state index contributed by atoms with van der Waals surface area (Å²) in [5, 5.41) is 8.05. The fourth-order valence-electron chi connectivity index (χ4n) is 3.36. The Balaban J connectivity index is 1.42. The van der Waals surface area contributed by atoms with Gasteiger partial charge in [0.1, 0.15) is 11.5 Å². The summed E-state index contributed by atoms with van der Waals surface area (Å²) >= 11 is 5.89. The molecule has 0 radical (unpaired) electrons. The first-order chi connectivity index (χ1) is 14.9. The first-order valence-electron chi connectivity index (χ1n) is 9.99. The van der Waals surface area contributed by atoms with Crippen LogP contribution < -0.4 is 5.32 Å². The monoisotopic (exact) mass is 434 g/mol. The molecule has 0 saturated carbocycles. The number of carbonyl (C=O) groups is 1. The van der Waals surface area contributed by atoms with E-state index in [1.54, 1.807) is 12.1 Å². The molecule has 31 heavy (non-hydrogen) atoms. The van der Waals surface area contributed by atoms with Gasteiger partial charge in [0.25, 0.3) is 0 Å². The van der Waals surface area contributed by atoms with Crippen molar-refractivity contribution in [2.75, 3.05) is 5.32 Å². The second-order valence-electron chi connectivity index (χ2n) is 7.54. The number of rotatable bonds is 6. The van der Waals surface area contributed by atoms with E-state index in [-0.39, 0.29) is 12.3 Å². The quantitative estimate of drug-likeness (QED) is 0.444. The molecule has 2 aromatic heterocycles. The number of amides is 1. The summed E-state index contributed by atoms with van der Waals surface area (Å²) in [5.41, 5.74) is 5.38. The maximum absolute atomic E-state index is 12.3. The van der Waals surface area contributed by atoms with Gasteiger partial charge in [0, 0.05) is 22.0 Å². The summed E-state index contributed by atoms with van der Waals surface area (Å²) in [5.74, 6) is 1.23. The molecular formula is C24H23ClN4O2. The molecule has 0 aliphatic carbocycles. The number of carbonyl (C=O) groups excluding carboxylic acids is 1. The van der Waals surface area contributed by atoms with Gasteiger partial charge in [0.2, 0.25) is 11.8 Å². The van der Waals surface area contributed by atoms with Crippen LogP contribution in [0.5, 0.6) is 0 Å². The molecule has 2 heterocycles. The molecule has 4 rings (SSSR count). The number of hydrogen-bond acceptors (Lipinski definition) is 4. The van der Waals surface area contributed by atoms with Crippen LogP contribution in [0.4, 0.5) is 5.69 Å². The van der Waals surface area contributed by atoms with E-state index in [0.29, 0.717) is 23.1 Å². The number of anilines is 1. The van der Waals surface area contributed by atoms with Crippen molar-refractivity contribution in [3.8, 4) is 11.5 Å². The number of aromatic nitrogens is 3. The van der Waals surface area contributed by atoms with Crippen LogP contribution in [0.15, 0.2) is 59.0 Å². The van der Waals surface area contributed by atoms with Crippen LogP contribution in [0.25, 0.3) is 11.5 Å². The lowest BCUT2D eigenvalue weighted by Crippen LogP contribution is -2.14. The van der Waals surface area contributed by atoms with Crippen molar-refractivity contribution in [2.24, 2.45) is 0 Å². The normalized spacial score (nSPS) is 11.0. The molecule has 0 bridgehead atoms. The first kappa shape index (κ1) is 20.9. The van der Waals surface area contributed by atoms with E-state index in [2.05, 4.69) is 15.4 Å². The van der Waals surface area contributed by atoms with E-state index >= 15 is 0 Å². The third-order valence-electron chi connectivity index (χ3n) is 4.99. The molecule has 0 aliphatic rings. The molecule has 1 N–H and O–H groups in total.